The van der Waals surface area contributed by atoms with E-state index in [-0.39, 0.29) is 5.91 Å². The summed E-state index contributed by atoms with van der Waals surface area (Å²) in [6.07, 6.45) is 3.55. The van der Waals surface area contributed by atoms with E-state index in [9.17, 15) is 4.79 Å². The Morgan fingerprint density at radius 1 is 1.13 bits per heavy atom. The van der Waals surface area contributed by atoms with Gasteiger partial charge in [0.25, 0.3) is 0 Å². The summed E-state index contributed by atoms with van der Waals surface area (Å²) in [5, 5.41) is 0. The van der Waals surface area contributed by atoms with Gasteiger partial charge in [0.1, 0.15) is 0 Å². The van der Waals surface area contributed by atoms with Crippen LogP contribution >= 0.6 is 0 Å². The van der Waals surface area contributed by atoms with Gasteiger partial charge < -0.3 is 14.5 Å². The number of carbonyl (C=O) groups excluding carboxylic acids is 1. The highest BCUT2D eigenvalue weighted by molar-refractivity contribution is 5.73. The molecule has 2 aliphatic rings. The maximum atomic E-state index is 11.4. The zero-order valence-electron chi connectivity index (χ0n) is 15.3. The molecule has 0 unspecified atom stereocenters. The van der Waals surface area contributed by atoms with Gasteiger partial charge in [0.05, 0.1) is 6.61 Å². The van der Waals surface area contributed by atoms with Crippen molar-refractivity contribution in [1.29, 1.82) is 0 Å². The third kappa shape index (κ3) is 5.73. The summed E-state index contributed by atoms with van der Waals surface area (Å²) in [6.45, 7) is 15.4. The van der Waals surface area contributed by atoms with Gasteiger partial charge in [0.2, 0.25) is 5.91 Å². The molecule has 2 aliphatic heterocycles. The number of piperazine rings is 1. The van der Waals surface area contributed by atoms with E-state index in [0.29, 0.717) is 6.04 Å². The molecule has 1 atom stereocenters. The third-order valence-electron chi connectivity index (χ3n) is 5.46. The second-order valence-electron chi connectivity index (χ2n) is 7.00. The van der Waals surface area contributed by atoms with Crippen LogP contribution in [0.5, 0.6) is 0 Å². The predicted molar refractivity (Wildman–Crippen MR) is 93.6 cm³/mol. The Balaban J connectivity index is 1.72. The van der Waals surface area contributed by atoms with Crippen LogP contribution in [0.25, 0.3) is 0 Å². The molecular weight excluding hydrogens is 290 g/mol. The lowest BCUT2D eigenvalue weighted by atomic mass is 9.95. The van der Waals surface area contributed by atoms with E-state index in [1.54, 1.807) is 6.92 Å². The Labute approximate surface area is 141 Å². The molecule has 23 heavy (non-hydrogen) atoms. The monoisotopic (exact) mass is 325 g/mol. The number of hydrogen-bond donors (Lipinski definition) is 0. The number of nitrogens with zero attached hydrogens (tertiary/aromatic N) is 3. The van der Waals surface area contributed by atoms with Crippen LogP contribution in [0, 0.1) is 5.92 Å². The zero-order valence-corrected chi connectivity index (χ0v) is 15.3. The summed E-state index contributed by atoms with van der Waals surface area (Å²) in [7, 11) is 0. The average Bonchev–Trinajstić information content (AvgIpc) is 2.56. The lowest BCUT2D eigenvalue weighted by molar-refractivity contribution is -0.130. The van der Waals surface area contributed by atoms with Crippen molar-refractivity contribution in [3.63, 3.8) is 0 Å². The van der Waals surface area contributed by atoms with Crippen LogP contribution in [0.15, 0.2) is 0 Å². The van der Waals surface area contributed by atoms with E-state index in [0.717, 1.165) is 45.3 Å². The van der Waals surface area contributed by atoms with Gasteiger partial charge >= 0.3 is 0 Å². The van der Waals surface area contributed by atoms with Crippen LogP contribution in [-0.4, -0.2) is 85.7 Å². The van der Waals surface area contributed by atoms with Gasteiger partial charge in [-0.1, -0.05) is 6.92 Å². The maximum absolute atomic E-state index is 11.4. The molecule has 0 aromatic rings. The molecule has 134 valence electrons. The molecular formula is C18H35N3O2. The third-order valence-corrected chi connectivity index (χ3v) is 5.46. The van der Waals surface area contributed by atoms with Crippen molar-refractivity contribution in [2.24, 2.45) is 5.92 Å². The summed E-state index contributed by atoms with van der Waals surface area (Å²) in [5.41, 5.74) is 0. The number of carbonyl (C=O) groups is 1. The summed E-state index contributed by atoms with van der Waals surface area (Å²) in [4.78, 5) is 18.7. The van der Waals surface area contributed by atoms with Crippen LogP contribution in [0.2, 0.25) is 0 Å². The molecule has 2 saturated heterocycles. The van der Waals surface area contributed by atoms with Crippen LogP contribution in [-0.2, 0) is 9.53 Å². The molecule has 0 radical (unpaired) electrons. The Morgan fingerprint density at radius 3 is 2.48 bits per heavy atom. The molecule has 0 spiro atoms. The maximum Gasteiger partial charge on any atom is 0.219 e. The fourth-order valence-electron chi connectivity index (χ4n) is 3.93. The molecule has 2 heterocycles. The fraction of sp³-hybridized carbons (Fsp3) is 0.944. The van der Waals surface area contributed by atoms with E-state index in [1.807, 2.05) is 4.90 Å². The minimum Gasteiger partial charge on any atom is -0.380 e. The normalized spacial score (nSPS) is 25.0. The van der Waals surface area contributed by atoms with Gasteiger partial charge in [-0.15, -0.1) is 0 Å². The minimum atomic E-state index is 0.234. The van der Waals surface area contributed by atoms with Crippen LogP contribution in [0.1, 0.15) is 40.0 Å². The van der Waals surface area contributed by atoms with E-state index in [4.69, 9.17) is 4.74 Å². The highest BCUT2D eigenvalue weighted by Crippen LogP contribution is 2.21. The second kappa shape index (κ2) is 9.60. The molecule has 0 saturated carbocycles. The Kier molecular flexibility index (Phi) is 7.80. The van der Waals surface area contributed by atoms with Crippen LogP contribution in [0.3, 0.4) is 0 Å². The van der Waals surface area contributed by atoms with Gasteiger partial charge in [-0.25, -0.2) is 0 Å². The number of likely N-dealkylation sites (tertiary alicyclic amines) is 1. The second-order valence-corrected chi connectivity index (χ2v) is 7.00. The molecule has 2 rings (SSSR count). The molecule has 5 heteroatoms. The van der Waals surface area contributed by atoms with Gasteiger partial charge in [0.15, 0.2) is 0 Å². The van der Waals surface area contributed by atoms with Gasteiger partial charge in [-0.2, -0.15) is 0 Å². The summed E-state index contributed by atoms with van der Waals surface area (Å²) in [6, 6.07) is 0.668. The first kappa shape index (κ1) is 18.7. The average molecular weight is 325 g/mol. The minimum absolute atomic E-state index is 0.234. The van der Waals surface area contributed by atoms with E-state index < -0.39 is 0 Å². The highest BCUT2D eigenvalue weighted by atomic mass is 16.5. The summed E-state index contributed by atoms with van der Waals surface area (Å²) >= 11 is 0. The smallest absolute Gasteiger partial charge is 0.219 e. The first-order chi connectivity index (χ1) is 11.1. The standard InChI is InChI=1S/C18H35N3O2/c1-4-18-15-19(10-11-21(18)12-13-23-5-2)14-17-6-8-20(9-7-17)16(3)22/h17-18H,4-15H2,1-3H3/t18-/m0/s1. The van der Waals surface area contributed by atoms with Gasteiger partial charge in [-0.3, -0.25) is 9.69 Å². The van der Waals surface area contributed by atoms with Crippen molar-refractivity contribution in [3.8, 4) is 0 Å². The lowest BCUT2D eigenvalue weighted by Gasteiger charge is -2.43. The topological polar surface area (TPSA) is 36.0 Å². The lowest BCUT2D eigenvalue weighted by Crippen LogP contribution is -2.55. The van der Waals surface area contributed by atoms with Gasteiger partial charge in [-0.05, 0) is 32.1 Å². The highest BCUT2D eigenvalue weighted by Gasteiger charge is 2.28. The molecule has 0 aliphatic carbocycles. The van der Waals surface area contributed by atoms with Crippen molar-refractivity contribution < 1.29 is 9.53 Å². The molecule has 2 fully saturated rings. The summed E-state index contributed by atoms with van der Waals surface area (Å²) in [5.74, 6) is 0.996. The first-order valence-electron chi connectivity index (χ1n) is 9.43. The molecule has 0 aromatic heterocycles. The number of ether oxygens (including phenoxy) is 1. The number of piperidine rings is 1. The van der Waals surface area contributed by atoms with Crippen molar-refractivity contribution >= 4 is 5.91 Å². The van der Waals surface area contributed by atoms with Crippen molar-refractivity contribution in [2.45, 2.75) is 46.1 Å². The van der Waals surface area contributed by atoms with Crippen molar-refractivity contribution in [2.75, 3.05) is 59.0 Å². The van der Waals surface area contributed by atoms with E-state index in [1.165, 1.54) is 38.9 Å². The molecule has 5 nitrogen and oxygen atoms in total. The predicted octanol–water partition coefficient (Wildman–Crippen LogP) is 1.68. The zero-order chi connectivity index (χ0) is 16.7. The van der Waals surface area contributed by atoms with E-state index >= 15 is 0 Å². The van der Waals surface area contributed by atoms with Crippen molar-refractivity contribution in [3.05, 3.63) is 0 Å². The molecule has 1 amide bonds. The Bertz CT molecular complexity index is 356. The quantitative estimate of drug-likeness (QED) is 0.667. The molecule has 0 bridgehead atoms. The largest absolute Gasteiger partial charge is 0.380 e. The van der Waals surface area contributed by atoms with Crippen LogP contribution < -0.4 is 0 Å². The Hall–Kier alpha value is -0.650. The summed E-state index contributed by atoms with van der Waals surface area (Å²) < 4.78 is 5.52. The first-order valence-corrected chi connectivity index (χ1v) is 9.43. The van der Waals surface area contributed by atoms with Crippen LogP contribution in [0.4, 0.5) is 0 Å². The van der Waals surface area contributed by atoms with Crippen molar-refractivity contribution in [1.82, 2.24) is 14.7 Å². The van der Waals surface area contributed by atoms with Gasteiger partial charge in [0, 0.05) is 65.4 Å². The molecule has 0 aromatic carbocycles. The number of hydrogen-bond acceptors (Lipinski definition) is 4. The molecule has 0 N–H and O–H groups in total. The number of amides is 1. The SMILES string of the molecule is CCOCCN1CCN(CC2CCN(C(C)=O)CC2)C[C@@H]1CC. The van der Waals surface area contributed by atoms with E-state index in [2.05, 4.69) is 23.6 Å². The number of rotatable bonds is 7. The fourth-order valence-corrected chi connectivity index (χ4v) is 3.93. The Morgan fingerprint density at radius 2 is 1.87 bits per heavy atom.